The zero-order valence-electron chi connectivity index (χ0n) is 10.8. The maximum Gasteiger partial charge on any atom is 0.132 e. The lowest BCUT2D eigenvalue weighted by Gasteiger charge is -2.01. The highest BCUT2D eigenvalue weighted by molar-refractivity contribution is 9.09. The predicted octanol–water partition coefficient (Wildman–Crippen LogP) is 5.26. The number of Topliss-reactive ketones (excluding diaryl/α,β-unsaturated/α-hetero) is 1. The second-order valence-corrected chi connectivity index (χ2v) is 5.35. The summed E-state index contributed by atoms with van der Waals surface area (Å²) in [6.07, 6.45) is 12.7. The van der Waals surface area contributed by atoms with Crippen molar-refractivity contribution in [3.05, 3.63) is 0 Å². The van der Waals surface area contributed by atoms with Gasteiger partial charge in [0.15, 0.2) is 0 Å². The topological polar surface area (TPSA) is 17.1 Å². The molecule has 0 N–H and O–H groups in total. The monoisotopic (exact) mass is 290 g/mol. The Balaban J connectivity index is 3.11. The average molecular weight is 291 g/mol. The zero-order chi connectivity index (χ0) is 12.1. The molecule has 0 bridgehead atoms. The molecular weight excluding hydrogens is 264 g/mol. The Hall–Kier alpha value is 0.150. The van der Waals surface area contributed by atoms with Gasteiger partial charge in [0.2, 0.25) is 0 Å². The van der Waals surface area contributed by atoms with Crippen LogP contribution in [-0.4, -0.2) is 11.1 Å². The lowest BCUT2D eigenvalue weighted by Crippen LogP contribution is -1.97. The first-order valence-corrected chi connectivity index (χ1v) is 8.01. The molecule has 96 valence electrons. The van der Waals surface area contributed by atoms with Crippen molar-refractivity contribution in [3.63, 3.8) is 0 Å². The van der Waals surface area contributed by atoms with Crippen molar-refractivity contribution in [2.75, 3.05) is 5.33 Å². The second-order valence-electron chi connectivity index (χ2n) is 4.56. The SMILES string of the molecule is CCCCCCC(=O)CCCCCCCBr. The van der Waals surface area contributed by atoms with Crippen molar-refractivity contribution >= 4 is 21.7 Å². The minimum atomic E-state index is 0.483. The largest absolute Gasteiger partial charge is 0.300 e. The molecule has 0 aromatic rings. The molecule has 0 aromatic carbocycles. The predicted molar refractivity (Wildman–Crippen MR) is 75.3 cm³/mol. The highest BCUT2D eigenvalue weighted by Gasteiger charge is 2.01. The van der Waals surface area contributed by atoms with Crippen LogP contribution in [0, 0.1) is 0 Å². The molecule has 0 rings (SSSR count). The highest BCUT2D eigenvalue weighted by Crippen LogP contribution is 2.10. The maximum atomic E-state index is 11.5. The first-order chi connectivity index (χ1) is 7.81. The van der Waals surface area contributed by atoms with Crippen LogP contribution in [0.25, 0.3) is 0 Å². The fourth-order valence-corrected chi connectivity index (χ4v) is 2.22. The Labute approximate surface area is 110 Å². The molecule has 0 aliphatic rings. The summed E-state index contributed by atoms with van der Waals surface area (Å²) in [6.45, 7) is 2.20. The number of unbranched alkanes of at least 4 members (excludes halogenated alkanes) is 7. The van der Waals surface area contributed by atoms with E-state index in [1.54, 1.807) is 0 Å². The zero-order valence-corrected chi connectivity index (χ0v) is 12.4. The van der Waals surface area contributed by atoms with Gasteiger partial charge in [-0.2, -0.15) is 0 Å². The lowest BCUT2D eigenvalue weighted by atomic mass is 10.0. The van der Waals surface area contributed by atoms with E-state index >= 15 is 0 Å². The first-order valence-electron chi connectivity index (χ1n) is 6.89. The third-order valence-electron chi connectivity index (χ3n) is 2.90. The van der Waals surface area contributed by atoms with Gasteiger partial charge in [-0.05, 0) is 19.3 Å². The van der Waals surface area contributed by atoms with Gasteiger partial charge < -0.3 is 0 Å². The molecule has 2 heteroatoms. The van der Waals surface area contributed by atoms with Crippen molar-refractivity contribution in [2.24, 2.45) is 0 Å². The van der Waals surface area contributed by atoms with Gasteiger partial charge in [-0.1, -0.05) is 61.4 Å². The fraction of sp³-hybridized carbons (Fsp3) is 0.929. The van der Waals surface area contributed by atoms with Gasteiger partial charge in [-0.25, -0.2) is 0 Å². The van der Waals surface area contributed by atoms with Crippen LogP contribution in [-0.2, 0) is 4.79 Å². The minimum Gasteiger partial charge on any atom is -0.300 e. The molecule has 0 unspecified atom stereocenters. The van der Waals surface area contributed by atoms with Gasteiger partial charge in [0.1, 0.15) is 5.78 Å². The van der Waals surface area contributed by atoms with Gasteiger partial charge in [0.05, 0.1) is 0 Å². The summed E-state index contributed by atoms with van der Waals surface area (Å²) >= 11 is 3.43. The van der Waals surface area contributed by atoms with E-state index in [1.807, 2.05) is 0 Å². The Morgan fingerprint density at radius 3 is 1.88 bits per heavy atom. The van der Waals surface area contributed by atoms with Crippen LogP contribution in [0.2, 0.25) is 0 Å². The number of carbonyl (C=O) groups is 1. The van der Waals surface area contributed by atoms with Gasteiger partial charge in [0.25, 0.3) is 0 Å². The first kappa shape index (κ1) is 16.1. The summed E-state index contributed by atoms with van der Waals surface area (Å²) in [4.78, 5) is 11.5. The molecule has 16 heavy (non-hydrogen) atoms. The number of rotatable bonds is 12. The fourth-order valence-electron chi connectivity index (χ4n) is 1.82. The normalized spacial score (nSPS) is 10.6. The van der Waals surface area contributed by atoms with Crippen LogP contribution >= 0.6 is 15.9 Å². The van der Waals surface area contributed by atoms with E-state index in [0.717, 1.165) is 31.0 Å². The van der Waals surface area contributed by atoms with E-state index < -0.39 is 0 Å². The lowest BCUT2D eigenvalue weighted by molar-refractivity contribution is -0.119. The van der Waals surface area contributed by atoms with Crippen LogP contribution in [0.1, 0.15) is 77.6 Å². The van der Waals surface area contributed by atoms with E-state index in [2.05, 4.69) is 22.9 Å². The summed E-state index contributed by atoms with van der Waals surface area (Å²) in [7, 11) is 0. The van der Waals surface area contributed by atoms with Crippen molar-refractivity contribution < 1.29 is 4.79 Å². The molecule has 1 nitrogen and oxygen atoms in total. The Morgan fingerprint density at radius 1 is 0.812 bits per heavy atom. The molecule has 0 aliphatic carbocycles. The van der Waals surface area contributed by atoms with E-state index in [9.17, 15) is 4.79 Å². The summed E-state index contributed by atoms with van der Waals surface area (Å²) in [5.41, 5.74) is 0. The Morgan fingerprint density at radius 2 is 1.31 bits per heavy atom. The summed E-state index contributed by atoms with van der Waals surface area (Å²) in [5.74, 6) is 0.483. The van der Waals surface area contributed by atoms with Gasteiger partial charge in [-0.3, -0.25) is 4.79 Å². The van der Waals surface area contributed by atoms with Crippen molar-refractivity contribution in [3.8, 4) is 0 Å². The molecule has 0 amide bonds. The molecular formula is C14H27BrO. The quantitative estimate of drug-likeness (QED) is 0.354. The molecule has 0 atom stereocenters. The molecule has 0 heterocycles. The van der Waals surface area contributed by atoms with Crippen LogP contribution in [0.3, 0.4) is 0 Å². The van der Waals surface area contributed by atoms with Gasteiger partial charge in [0, 0.05) is 18.2 Å². The van der Waals surface area contributed by atoms with Crippen LogP contribution in [0.5, 0.6) is 0 Å². The van der Waals surface area contributed by atoms with E-state index in [0.29, 0.717) is 5.78 Å². The maximum absolute atomic E-state index is 11.5. The minimum absolute atomic E-state index is 0.483. The number of hydrogen-bond acceptors (Lipinski definition) is 1. The molecule has 0 radical (unpaired) electrons. The summed E-state index contributed by atoms with van der Waals surface area (Å²) < 4.78 is 0. The number of carbonyl (C=O) groups excluding carboxylic acids is 1. The average Bonchev–Trinajstić information content (AvgIpc) is 2.29. The second kappa shape index (κ2) is 13.2. The Kier molecular flexibility index (Phi) is 13.3. The van der Waals surface area contributed by atoms with E-state index in [-0.39, 0.29) is 0 Å². The highest BCUT2D eigenvalue weighted by atomic mass is 79.9. The summed E-state index contributed by atoms with van der Waals surface area (Å²) in [6, 6.07) is 0. The molecule has 0 aliphatic heterocycles. The van der Waals surface area contributed by atoms with Crippen LogP contribution in [0.15, 0.2) is 0 Å². The number of halogens is 1. The molecule has 0 spiro atoms. The van der Waals surface area contributed by atoms with Crippen molar-refractivity contribution in [1.82, 2.24) is 0 Å². The van der Waals surface area contributed by atoms with Crippen LogP contribution < -0.4 is 0 Å². The van der Waals surface area contributed by atoms with Crippen molar-refractivity contribution in [1.29, 1.82) is 0 Å². The van der Waals surface area contributed by atoms with Crippen LogP contribution in [0.4, 0.5) is 0 Å². The molecule has 0 saturated carbocycles. The number of alkyl halides is 1. The standard InChI is InChI=1S/C14H27BrO/c1-2-3-4-8-11-14(16)12-9-6-5-7-10-13-15/h2-13H2,1H3. The summed E-state index contributed by atoms with van der Waals surface area (Å²) in [5, 5.41) is 1.11. The smallest absolute Gasteiger partial charge is 0.132 e. The van der Waals surface area contributed by atoms with Gasteiger partial charge in [-0.15, -0.1) is 0 Å². The number of hydrogen-bond donors (Lipinski definition) is 0. The van der Waals surface area contributed by atoms with Gasteiger partial charge >= 0.3 is 0 Å². The molecule has 0 fully saturated rings. The third kappa shape index (κ3) is 12.2. The molecule has 0 aromatic heterocycles. The number of ketones is 1. The Bertz CT molecular complexity index is 157. The van der Waals surface area contributed by atoms with E-state index in [1.165, 1.54) is 44.9 Å². The molecule has 0 saturated heterocycles. The van der Waals surface area contributed by atoms with E-state index in [4.69, 9.17) is 0 Å². The van der Waals surface area contributed by atoms with Crippen molar-refractivity contribution in [2.45, 2.75) is 77.6 Å². The third-order valence-corrected chi connectivity index (χ3v) is 3.46.